The molecule has 0 unspecified atom stereocenters. The molecule has 0 amide bonds. The molecule has 0 atom stereocenters. The molecule has 8 aromatic rings. The SMILES string of the molecule is CC1(C)c2cccc3c2N2c4c1cccc4C(C)(C)c1cc(-c4ccc(N(c5ccccc5)c5ccc6ccccc6c5)c5ccccc45)cc(c12)C3(C)C. The number of hydrogen-bond donors (Lipinski definition) is 0. The molecule has 2 heteroatoms. The highest BCUT2D eigenvalue weighted by molar-refractivity contribution is 6.08. The molecule has 0 saturated carbocycles. The average molecular weight is 709 g/mol. The van der Waals surface area contributed by atoms with Crippen molar-refractivity contribution in [3.8, 4) is 11.1 Å². The quantitative estimate of drug-likeness (QED) is 0.180. The zero-order chi connectivity index (χ0) is 37.4. The van der Waals surface area contributed by atoms with Gasteiger partial charge in [-0.15, -0.1) is 0 Å². The molecule has 0 spiro atoms. The van der Waals surface area contributed by atoms with Crippen molar-refractivity contribution in [1.82, 2.24) is 0 Å². The molecular weight excluding hydrogens is 665 g/mol. The minimum Gasteiger partial charge on any atom is -0.310 e. The Balaban J connectivity index is 1.16. The van der Waals surface area contributed by atoms with Crippen LogP contribution in [0.25, 0.3) is 32.7 Å². The number of benzene rings is 8. The van der Waals surface area contributed by atoms with Gasteiger partial charge in [-0.2, -0.15) is 0 Å². The van der Waals surface area contributed by atoms with Gasteiger partial charge in [-0.05, 0) is 103 Å². The third-order valence-corrected chi connectivity index (χ3v) is 13.4. The van der Waals surface area contributed by atoms with Gasteiger partial charge in [0, 0.05) is 33.0 Å². The largest absolute Gasteiger partial charge is 0.310 e. The first-order valence-electron chi connectivity index (χ1n) is 19.7. The first kappa shape index (κ1) is 32.3. The van der Waals surface area contributed by atoms with Gasteiger partial charge in [0.2, 0.25) is 0 Å². The Morgan fingerprint density at radius 1 is 0.382 bits per heavy atom. The summed E-state index contributed by atoms with van der Waals surface area (Å²) in [5.74, 6) is 0. The molecule has 0 bridgehead atoms. The molecule has 0 aromatic heterocycles. The van der Waals surface area contributed by atoms with Gasteiger partial charge in [0.25, 0.3) is 0 Å². The van der Waals surface area contributed by atoms with E-state index in [0.29, 0.717) is 0 Å². The Kier molecular flexibility index (Phi) is 6.45. The van der Waals surface area contributed by atoms with Crippen molar-refractivity contribution in [2.75, 3.05) is 9.80 Å². The molecule has 0 radical (unpaired) electrons. The van der Waals surface area contributed by atoms with Crippen LogP contribution in [0.3, 0.4) is 0 Å². The summed E-state index contributed by atoms with van der Waals surface area (Å²) in [6.45, 7) is 14.6. The highest BCUT2D eigenvalue weighted by Gasteiger charge is 2.51. The van der Waals surface area contributed by atoms with Crippen molar-refractivity contribution < 1.29 is 0 Å². The Morgan fingerprint density at radius 2 is 0.891 bits per heavy atom. The standard InChI is InChI=1S/C53H44N2/c1-51(2)41-22-14-24-43-48(41)55-49-42(51)23-15-25-44(49)53(5,6)46-32-35(31-45(50(46)55)52(43,3)4)38-28-29-47(40-21-13-12-20-39(38)40)54(36-18-8-7-9-19-36)37-27-26-33-16-10-11-17-34(33)30-37/h7-32H,1-6H3. The fraction of sp³-hybridized carbons (Fsp3) is 0.170. The fourth-order valence-electron chi connectivity index (χ4n) is 10.4. The molecule has 266 valence electrons. The van der Waals surface area contributed by atoms with Gasteiger partial charge in [0.05, 0.1) is 22.7 Å². The lowest BCUT2D eigenvalue weighted by molar-refractivity contribution is 0.567. The predicted molar refractivity (Wildman–Crippen MR) is 233 cm³/mol. The topological polar surface area (TPSA) is 6.48 Å². The van der Waals surface area contributed by atoms with Crippen LogP contribution in [0, 0.1) is 0 Å². The average Bonchev–Trinajstić information content (AvgIpc) is 3.20. The number of hydrogen-bond acceptors (Lipinski definition) is 2. The maximum absolute atomic E-state index is 2.66. The molecule has 3 aliphatic rings. The van der Waals surface area contributed by atoms with E-state index in [4.69, 9.17) is 0 Å². The van der Waals surface area contributed by atoms with E-state index < -0.39 is 0 Å². The second-order valence-corrected chi connectivity index (χ2v) is 17.4. The number of fused-ring (bicyclic) bond motifs is 2. The van der Waals surface area contributed by atoms with Gasteiger partial charge in [-0.1, -0.05) is 157 Å². The van der Waals surface area contributed by atoms with Crippen LogP contribution in [-0.4, -0.2) is 0 Å². The molecular formula is C53H44N2. The van der Waals surface area contributed by atoms with Crippen LogP contribution in [0.1, 0.15) is 74.9 Å². The minimum atomic E-state index is -0.201. The van der Waals surface area contributed by atoms with Gasteiger partial charge < -0.3 is 9.80 Å². The van der Waals surface area contributed by atoms with Gasteiger partial charge in [-0.3, -0.25) is 0 Å². The molecule has 2 nitrogen and oxygen atoms in total. The Bertz CT molecular complexity index is 2820. The molecule has 3 aliphatic heterocycles. The van der Waals surface area contributed by atoms with Crippen LogP contribution in [-0.2, 0) is 16.2 Å². The molecule has 11 rings (SSSR count). The monoisotopic (exact) mass is 708 g/mol. The summed E-state index contributed by atoms with van der Waals surface area (Å²) in [7, 11) is 0. The van der Waals surface area contributed by atoms with E-state index in [1.165, 1.54) is 88.8 Å². The first-order chi connectivity index (χ1) is 26.6. The van der Waals surface area contributed by atoms with Crippen LogP contribution in [0.15, 0.2) is 158 Å². The summed E-state index contributed by atoms with van der Waals surface area (Å²) in [6.07, 6.45) is 0. The molecule has 55 heavy (non-hydrogen) atoms. The molecule has 0 N–H and O–H groups in total. The zero-order valence-corrected chi connectivity index (χ0v) is 32.4. The lowest BCUT2D eigenvalue weighted by atomic mass is 9.60. The van der Waals surface area contributed by atoms with Crippen LogP contribution < -0.4 is 9.80 Å². The summed E-state index contributed by atoms with van der Waals surface area (Å²) in [5, 5.41) is 4.95. The van der Waals surface area contributed by atoms with Gasteiger partial charge >= 0.3 is 0 Å². The van der Waals surface area contributed by atoms with Crippen molar-refractivity contribution in [1.29, 1.82) is 0 Å². The third-order valence-electron chi connectivity index (χ3n) is 13.4. The molecule has 8 aromatic carbocycles. The normalized spacial score (nSPS) is 16.2. The van der Waals surface area contributed by atoms with Crippen molar-refractivity contribution in [3.63, 3.8) is 0 Å². The van der Waals surface area contributed by atoms with Gasteiger partial charge in [0.1, 0.15) is 0 Å². The molecule has 0 aliphatic carbocycles. The van der Waals surface area contributed by atoms with Crippen molar-refractivity contribution in [2.45, 2.75) is 57.8 Å². The van der Waals surface area contributed by atoms with Crippen LogP contribution in [0.5, 0.6) is 0 Å². The maximum Gasteiger partial charge on any atom is 0.0544 e. The van der Waals surface area contributed by atoms with Crippen molar-refractivity contribution >= 4 is 55.7 Å². The van der Waals surface area contributed by atoms with E-state index in [0.717, 1.165) is 11.4 Å². The van der Waals surface area contributed by atoms with E-state index in [1.54, 1.807) is 0 Å². The van der Waals surface area contributed by atoms with Crippen molar-refractivity contribution in [2.24, 2.45) is 0 Å². The smallest absolute Gasteiger partial charge is 0.0544 e. The summed E-state index contributed by atoms with van der Waals surface area (Å²) < 4.78 is 0. The van der Waals surface area contributed by atoms with E-state index in [2.05, 4.69) is 209 Å². The van der Waals surface area contributed by atoms with Crippen LogP contribution in [0.4, 0.5) is 34.1 Å². The Labute approximate surface area is 324 Å². The molecule has 3 heterocycles. The lowest BCUT2D eigenvalue weighted by Crippen LogP contribution is -2.43. The highest BCUT2D eigenvalue weighted by Crippen LogP contribution is 2.66. The third kappa shape index (κ3) is 4.26. The Hall–Kier alpha value is -6.12. The molecule has 0 fully saturated rings. The summed E-state index contributed by atoms with van der Waals surface area (Å²) in [4.78, 5) is 5.08. The summed E-state index contributed by atoms with van der Waals surface area (Å²) >= 11 is 0. The predicted octanol–water partition coefficient (Wildman–Crippen LogP) is 14.5. The maximum atomic E-state index is 2.66. The van der Waals surface area contributed by atoms with Crippen LogP contribution >= 0.6 is 0 Å². The fourth-order valence-corrected chi connectivity index (χ4v) is 10.4. The second-order valence-electron chi connectivity index (χ2n) is 17.4. The highest BCUT2D eigenvalue weighted by atomic mass is 15.2. The van der Waals surface area contributed by atoms with E-state index in [-0.39, 0.29) is 16.2 Å². The lowest BCUT2D eigenvalue weighted by Gasteiger charge is -2.55. The van der Waals surface area contributed by atoms with E-state index >= 15 is 0 Å². The van der Waals surface area contributed by atoms with Crippen LogP contribution in [0.2, 0.25) is 0 Å². The number of para-hydroxylation sites is 3. The number of rotatable bonds is 4. The van der Waals surface area contributed by atoms with Gasteiger partial charge in [-0.25, -0.2) is 0 Å². The summed E-state index contributed by atoms with van der Waals surface area (Å²) in [5.41, 5.74) is 18.1. The minimum absolute atomic E-state index is 0.102. The number of nitrogens with zero attached hydrogens (tertiary/aromatic N) is 2. The Morgan fingerprint density at radius 3 is 1.51 bits per heavy atom. The first-order valence-corrected chi connectivity index (χ1v) is 19.7. The van der Waals surface area contributed by atoms with E-state index in [1.807, 2.05) is 0 Å². The summed E-state index contributed by atoms with van der Waals surface area (Å²) in [6, 6.07) is 59.1. The zero-order valence-electron chi connectivity index (χ0n) is 32.4. The molecule has 0 saturated heterocycles. The van der Waals surface area contributed by atoms with E-state index in [9.17, 15) is 0 Å². The van der Waals surface area contributed by atoms with Crippen molar-refractivity contribution in [3.05, 3.63) is 191 Å². The second kappa shape index (κ2) is 11.0. The number of anilines is 6. The van der Waals surface area contributed by atoms with Gasteiger partial charge in [0.15, 0.2) is 0 Å².